The molecule has 3 saturated heterocycles. The van der Waals surface area contributed by atoms with Crippen molar-refractivity contribution in [3.05, 3.63) is 0 Å². The number of rotatable bonds is 0. The first-order chi connectivity index (χ1) is 4.02. The molecular weight excluding hydrogens is 163 g/mol. The van der Waals surface area contributed by atoms with Crippen LogP contribution in [0.3, 0.4) is 0 Å². The molecule has 3 fully saturated rings. The van der Waals surface area contributed by atoms with Gasteiger partial charge in [0, 0.05) is 0 Å². The van der Waals surface area contributed by atoms with Crippen LogP contribution in [0.25, 0.3) is 0 Å². The van der Waals surface area contributed by atoms with Gasteiger partial charge in [-0.15, -0.1) is 0 Å². The number of hydrogen-bond acceptors (Lipinski definition) is 5. The third-order valence-electron chi connectivity index (χ3n) is 1.18. The van der Waals surface area contributed by atoms with E-state index in [1.54, 1.807) is 0 Å². The van der Waals surface area contributed by atoms with E-state index in [4.69, 9.17) is 4.80 Å². The molecule has 0 aromatic heterocycles. The molecule has 1 N–H and O–H groups in total. The second-order valence-electron chi connectivity index (χ2n) is 2.14. The van der Waals surface area contributed by atoms with Crippen LogP contribution in [0.4, 0.5) is 0 Å². The van der Waals surface area contributed by atoms with E-state index in [0.29, 0.717) is 0 Å². The van der Waals surface area contributed by atoms with Gasteiger partial charge in [-0.1, -0.05) is 0 Å². The van der Waals surface area contributed by atoms with Gasteiger partial charge in [0.2, 0.25) is 5.91 Å². The molecule has 1 atom stereocenters. The summed E-state index contributed by atoms with van der Waals surface area (Å²) in [4.78, 5) is 9.16. The summed E-state index contributed by atoms with van der Waals surface area (Å²) in [5, 5.41) is 0. The lowest BCUT2D eigenvalue weighted by molar-refractivity contribution is -0.0352. The van der Waals surface area contributed by atoms with E-state index in [2.05, 4.69) is 13.3 Å². The van der Waals surface area contributed by atoms with Gasteiger partial charge < -0.3 is 4.80 Å². The number of phosphoric acid groups is 1. The molecule has 0 aromatic carbocycles. The van der Waals surface area contributed by atoms with Crippen molar-refractivity contribution >= 4 is 16.4 Å². The summed E-state index contributed by atoms with van der Waals surface area (Å²) in [5.74, 6) is -0.719. The molecule has 1 unspecified atom stereocenters. The van der Waals surface area contributed by atoms with Crippen LogP contribution in [0.2, 0.25) is 6.55 Å². The fraction of sp³-hybridized carbons (Fsp3) is 1.00. The maximum atomic E-state index is 10.7. The first-order valence-electron chi connectivity index (χ1n) is 2.42. The van der Waals surface area contributed by atoms with Crippen LogP contribution in [-0.4, -0.2) is 19.3 Å². The monoisotopic (exact) mass is 168 g/mol. The Kier molecular flexibility index (Phi) is 0.881. The molecule has 0 saturated carbocycles. The molecule has 0 amide bonds. The zero-order valence-corrected chi connectivity index (χ0v) is 6.50. The minimum absolute atomic E-state index is 0.719. The highest BCUT2D eigenvalue weighted by atomic mass is 31.2. The second-order valence-corrected chi connectivity index (χ2v) is 6.76. The minimum Gasteiger partial charge on any atom is -0.408 e. The Hall–Kier alpha value is 0.287. The van der Waals surface area contributed by atoms with Gasteiger partial charge in [0.15, 0.2) is 0 Å². The van der Waals surface area contributed by atoms with Crippen LogP contribution >= 0.6 is 7.82 Å². The molecule has 9 heavy (non-hydrogen) atoms. The van der Waals surface area contributed by atoms with Gasteiger partial charge in [-0.2, -0.15) is 0 Å². The zero-order valence-electron chi connectivity index (χ0n) is 4.60. The Morgan fingerprint density at radius 3 is 2.33 bits per heavy atom. The quantitative estimate of drug-likeness (QED) is 0.410. The fourth-order valence-electron chi connectivity index (χ4n) is 0.750. The van der Waals surface area contributed by atoms with E-state index in [0.717, 1.165) is 0 Å². The molecule has 0 aromatic rings. The number of fused-ring (bicyclic) bond motifs is 1. The van der Waals surface area contributed by atoms with Crippen molar-refractivity contribution in [1.82, 2.24) is 0 Å². The highest BCUT2D eigenvalue weighted by molar-refractivity contribution is 7.53. The van der Waals surface area contributed by atoms with Gasteiger partial charge in [-0.05, 0) is 6.55 Å². The van der Waals surface area contributed by atoms with E-state index in [-0.39, 0.29) is 0 Å². The van der Waals surface area contributed by atoms with Crippen molar-refractivity contribution in [3.63, 3.8) is 0 Å². The van der Waals surface area contributed by atoms with Crippen molar-refractivity contribution in [2.45, 2.75) is 12.5 Å². The van der Waals surface area contributed by atoms with Crippen molar-refractivity contribution < 1.29 is 22.6 Å². The molecule has 3 heterocycles. The molecule has 2 bridgehead atoms. The summed E-state index contributed by atoms with van der Waals surface area (Å²) >= 11 is 0. The Morgan fingerprint density at radius 1 is 1.67 bits per heavy atom. The summed E-state index contributed by atoms with van der Waals surface area (Å²) in [6.45, 7) is 1.48. The molecule has 5 nitrogen and oxygen atoms in total. The van der Waals surface area contributed by atoms with E-state index >= 15 is 0 Å². The predicted molar refractivity (Wildman–Crippen MR) is 28.5 cm³/mol. The Balaban J connectivity index is 2.33. The van der Waals surface area contributed by atoms with Crippen molar-refractivity contribution in [2.24, 2.45) is 0 Å². The van der Waals surface area contributed by atoms with Crippen LogP contribution in [0.15, 0.2) is 0 Å². The van der Waals surface area contributed by atoms with Gasteiger partial charge in [-0.25, -0.2) is 4.57 Å². The van der Waals surface area contributed by atoms with Crippen LogP contribution in [0.5, 0.6) is 0 Å². The van der Waals surface area contributed by atoms with Crippen LogP contribution < -0.4 is 0 Å². The molecule has 0 aliphatic carbocycles. The van der Waals surface area contributed by atoms with Gasteiger partial charge in [0.05, 0.1) is 0 Å². The van der Waals surface area contributed by atoms with Crippen LogP contribution in [0, 0.1) is 0 Å². The molecule has 3 rings (SSSR count). The maximum absolute atomic E-state index is 10.7. The Bertz CT molecular complexity index is 191. The fourth-order valence-corrected chi connectivity index (χ4v) is 6.07. The van der Waals surface area contributed by atoms with Crippen molar-refractivity contribution in [1.29, 1.82) is 0 Å². The van der Waals surface area contributed by atoms with Gasteiger partial charge in [0.1, 0.15) is 0 Å². The van der Waals surface area contributed by atoms with Gasteiger partial charge >= 0.3 is 16.4 Å². The van der Waals surface area contributed by atoms with Crippen molar-refractivity contribution in [2.75, 3.05) is 0 Å². The molecule has 52 valence electrons. The molecule has 3 aliphatic heterocycles. The zero-order chi connectivity index (χ0) is 6.70. The summed E-state index contributed by atoms with van der Waals surface area (Å²) < 4.78 is 24.5. The normalized spacial score (nSPS) is 63.6. The summed E-state index contributed by atoms with van der Waals surface area (Å²) in [6.07, 6.45) is 0. The molecule has 0 radical (unpaired) electrons. The van der Waals surface area contributed by atoms with E-state index in [1.165, 1.54) is 6.55 Å². The standard InChI is InChI=1S/C2H5O5PSi/c1-9(4)2-5-8(3,6-2)7-9/h2,4H,1H3. The highest BCUT2D eigenvalue weighted by Gasteiger charge is 2.68. The average Bonchev–Trinajstić information content (AvgIpc) is 1.83. The second kappa shape index (κ2) is 1.32. The smallest absolute Gasteiger partial charge is 0.408 e. The number of hydrogen-bond donors (Lipinski definition) is 1. The van der Waals surface area contributed by atoms with Gasteiger partial charge in [0.25, 0.3) is 0 Å². The van der Waals surface area contributed by atoms with Crippen LogP contribution in [-0.2, 0) is 17.8 Å². The highest BCUT2D eigenvalue weighted by Crippen LogP contribution is 2.69. The molecule has 3 aliphatic rings. The first kappa shape index (κ1) is 6.03. The Labute approximate surface area is 52.4 Å². The maximum Gasteiger partial charge on any atom is 0.471 e. The summed E-state index contributed by atoms with van der Waals surface area (Å²) in [7, 11) is -6.06. The predicted octanol–water partition coefficient (Wildman–Crippen LogP) is 0.101. The lowest BCUT2D eigenvalue weighted by Crippen LogP contribution is -2.42. The Morgan fingerprint density at radius 2 is 2.22 bits per heavy atom. The lowest BCUT2D eigenvalue weighted by atomic mass is 11.5. The third-order valence-corrected chi connectivity index (χ3v) is 5.96. The van der Waals surface area contributed by atoms with Crippen molar-refractivity contribution in [3.8, 4) is 0 Å². The topological polar surface area (TPSA) is 65.0 Å². The third kappa shape index (κ3) is 0.659. The average molecular weight is 168 g/mol. The first-order valence-corrected chi connectivity index (χ1v) is 6.31. The molecular formula is C2H5O5PSi. The van der Waals surface area contributed by atoms with E-state index < -0.39 is 22.3 Å². The number of phosphoric ester groups is 1. The SMILES string of the molecule is C[Si]1(O)OP2(=O)OC1O2. The van der Waals surface area contributed by atoms with Crippen LogP contribution in [0.1, 0.15) is 0 Å². The largest absolute Gasteiger partial charge is 0.471 e. The minimum atomic E-state index is -3.21. The summed E-state index contributed by atoms with van der Waals surface area (Å²) in [5.41, 5.74) is 0. The lowest BCUT2D eigenvalue weighted by Gasteiger charge is -2.20. The molecule has 0 spiro atoms. The summed E-state index contributed by atoms with van der Waals surface area (Å²) in [6, 6.07) is 0. The van der Waals surface area contributed by atoms with Gasteiger partial charge in [-0.3, -0.25) is 13.3 Å². The van der Waals surface area contributed by atoms with E-state index in [1.807, 2.05) is 0 Å². The van der Waals surface area contributed by atoms with E-state index in [9.17, 15) is 4.57 Å². The molecule has 7 heteroatoms.